The molecule has 2 aromatic carbocycles. The maximum atomic E-state index is 13.6. The first kappa shape index (κ1) is 20.7. The number of rotatable bonds is 7. The normalized spacial score (nSPS) is 12.2. The summed E-state index contributed by atoms with van der Waals surface area (Å²) in [6.45, 7) is 2.25. The van der Waals surface area contributed by atoms with Gasteiger partial charge in [0.25, 0.3) is 5.91 Å². The molecular formula is C22H24F2N4O. The van der Waals surface area contributed by atoms with E-state index in [0.29, 0.717) is 24.2 Å². The van der Waals surface area contributed by atoms with Gasteiger partial charge < -0.3 is 10.2 Å². The lowest BCUT2D eigenvalue weighted by Gasteiger charge is -2.25. The van der Waals surface area contributed by atoms with E-state index in [9.17, 15) is 13.6 Å². The summed E-state index contributed by atoms with van der Waals surface area (Å²) in [6, 6.07) is 12.1. The van der Waals surface area contributed by atoms with Crippen molar-refractivity contribution in [3.63, 3.8) is 0 Å². The van der Waals surface area contributed by atoms with Crippen LogP contribution in [-0.4, -0.2) is 41.2 Å². The summed E-state index contributed by atoms with van der Waals surface area (Å²) in [5.74, 6) is -0.892. The van der Waals surface area contributed by atoms with Crippen molar-refractivity contribution in [2.75, 3.05) is 20.6 Å². The number of halogens is 2. The number of nitrogens with zero attached hydrogens (tertiary/aromatic N) is 3. The Hall–Kier alpha value is -3.06. The maximum absolute atomic E-state index is 13.6. The SMILES string of the molecule is CCc1c(C(=O)NCC(c2cccc(F)c2)N(C)C)cnn1-c1ccc(F)cc1. The highest BCUT2D eigenvalue weighted by molar-refractivity contribution is 5.95. The zero-order valence-electron chi connectivity index (χ0n) is 16.7. The van der Waals surface area contributed by atoms with Crippen LogP contribution in [-0.2, 0) is 6.42 Å². The number of hydrogen-bond acceptors (Lipinski definition) is 3. The van der Waals surface area contributed by atoms with E-state index in [1.807, 2.05) is 32.0 Å². The fourth-order valence-electron chi connectivity index (χ4n) is 3.31. The molecule has 5 nitrogen and oxygen atoms in total. The number of likely N-dealkylation sites (N-methyl/N-ethyl adjacent to an activating group) is 1. The molecular weight excluding hydrogens is 374 g/mol. The number of carbonyl (C=O) groups excluding carboxylic acids is 1. The van der Waals surface area contributed by atoms with E-state index in [1.165, 1.54) is 30.5 Å². The molecule has 1 unspecified atom stereocenters. The fraction of sp³-hybridized carbons (Fsp3) is 0.273. The van der Waals surface area contributed by atoms with E-state index in [-0.39, 0.29) is 23.6 Å². The second kappa shape index (κ2) is 8.96. The minimum absolute atomic E-state index is 0.174. The molecule has 0 saturated heterocycles. The van der Waals surface area contributed by atoms with E-state index in [4.69, 9.17) is 0 Å². The van der Waals surface area contributed by atoms with Gasteiger partial charge in [0.2, 0.25) is 0 Å². The largest absolute Gasteiger partial charge is 0.350 e. The predicted molar refractivity (Wildman–Crippen MR) is 108 cm³/mol. The molecule has 0 bridgehead atoms. The van der Waals surface area contributed by atoms with Crippen LogP contribution in [0.2, 0.25) is 0 Å². The lowest BCUT2D eigenvalue weighted by molar-refractivity contribution is 0.0941. The lowest BCUT2D eigenvalue weighted by atomic mass is 10.1. The minimum Gasteiger partial charge on any atom is -0.350 e. The van der Waals surface area contributed by atoms with E-state index in [2.05, 4.69) is 10.4 Å². The molecule has 1 N–H and O–H groups in total. The molecule has 0 spiro atoms. The molecule has 0 radical (unpaired) electrons. The van der Waals surface area contributed by atoms with Crippen molar-refractivity contribution in [2.45, 2.75) is 19.4 Å². The Labute approximate surface area is 169 Å². The van der Waals surface area contributed by atoms with E-state index in [1.54, 1.807) is 22.9 Å². The summed E-state index contributed by atoms with van der Waals surface area (Å²) in [5, 5.41) is 7.24. The van der Waals surface area contributed by atoms with Gasteiger partial charge in [-0.25, -0.2) is 13.5 Å². The average molecular weight is 398 g/mol. The van der Waals surface area contributed by atoms with Gasteiger partial charge in [0.05, 0.1) is 29.2 Å². The zero-order chi connectivity index (χ0) is 21.0. The molecule has 3 aromatic rings. The Balaban J connectivity index is 1.79. The number of benzene rings is 2. The third kappa shape index (κ3) is 4.68. The van der Waals surface area contributed by atoms with Crippen LogP contribution in [0.3, 0.4) is 0 Å². The molecule has 0 fully saturated rings. The first-order valence-electron chi connectivity index (χ1n) is 9.43. The third-order valence-electron chi connectivity index (χ3n) is 4.83. The van der Waals surface area contributed by atoms with E-state index < -0.39 is 0 Å². The molecule has 3 rings (SSSR count). The van der Waals surface area contributed by atoms with Crippen molar-refractivity contribution in [1.82, 2.24) is 20.0 Å². The standard InChI is InChI=1S/C22H24F2N4O/c1-4-20-19(13-26-28(20)18-10-8-16(23)9-11-18)22(29)25-14-21(27(2)3)15-6-5-7-17(24)12-15/h5-13,21H,4,14H2,1-3H3,(H,25,29). The van der Waals surface area contributed by atoms with Gasteiger partial charge in [-0.1, -0.05) is 19.1 Å². The van der Waals surface area contributed by atoms with Crippen LogP contribution in [0.15, 0.2) is 54.7 Å². The van der Waals surface area contributed by atoms with Gasteiger partial charge in [-0.05, 0) is 62.5 Å². The Morgan fingerprint density at radius 2 is 1.86 bits per heavy atom. The van der Waals surface area contributed by atoms with Gasteiger partial charge in [-0.15, -0.1) is 0 Å². The van der Waals surface area contributed by atoms with Crippen molar-refractivity contribution < 1.29 is 13.6 Å². The van der Waals surface area contributed by atoms with Crippen molar-refractivity contribution in [2.24, 2.45) is 0 Å². The predicted octanol–water partition coefficient (Wildman–Crippen LogP) is 3.75. The molecule has 1 atom stereocenters. The van der Waals surface area contributed by atoms with Crippen LogP contribution >= 0.6 is 0 Å². The first-order valence-corrected chi connectivity index (χ1v) is 9.43. The van der Waals surface area contributed by atoms with Crippen LogP contribution in [0.25, 0.3) is 5.69 Å². The maximum Gasteiger partial charge on any atom is 0.254 e. The van der Waals surface area contributed by atoms with Crippen molar-refractivity contribution >= 4 is 5.91 Å². The molecule has 0 aliphatic carbocycles. The molecule has 7 heteroatoms. The first-order chi connectivity index (χ1) is 13.9. The fourth-order valence-corrected chi connectivity index (χ4v) is 3.31. The second-order valence-electron chi connectivity index (χ2n) is 6.99. The average Bonchev–Trinajstić information content (AvgIpc) is 3.12. The number of hydrogen-bond donors (Lipinski definition) is 1. The topological polar surface area (TPSA) is 50.2 Å². The van der Waals surface area contributed by atoms with Crippen LogP contribution in [0.5, 0.6) is 0 Å². The summed E-state index contributed by atoms with van der Waals surface area (Å²) in [4.78, 5) is 14.8. The summed E-state index contributed by atoms with van der Waals surface area (Å²) >= 11 is 0. The summed E-state index contributed by atoms with van der Waals surface area (Å²) in [5.41, 5.74) is 2.68. The minimum atomic E-state index is -0.330. The van der Waals surface area contributed by atoms with Gasteiger partial charge in [0.1, 0.15) is 11.6 Å². The van der Waals surface area contributed by atoms with Gasteiger partial charge in [0, 0.05) is 6.54 Å². The van der Waals surface area contributed by atoms with Crippen LogP contribution < -0.4 is 5.32 Å². The molecule has 29 heavy (non-hydrogen) atoms. The van der Waals surface area contributed by atoms with E-state index >= 15 is 0 Å². The number of aromatic nitrogens is 2. The van der Waals surface area contributed by atoms with Crippen LogP contribution in [0.1, 0.15) is 34.6 Å². The van der Waals surface area contributed by atoms with Gasteiger partial charge in [-0.2, -0.15) is 5.10 Å². The van der Waals surface area contributed by atoms with Gasteiger partial charge in [-0.3, -0.25) is 4.79 Å². The van der Waals surface area contributed by atoms with Gasteiger partial charge in [0.15, 0.2) is 0 Å². The molecule has 0 aliphatic rings. The highest BCUT2D eigenvalue weighted by Gasteiger charge is 2.20. The van der Waals surface area contributed by atoms with Crippen LogP contribution in [0, 0.1) is 11.6 Å². The molecule has 1 aromatic heterocycles. The van der Waals surface area contributed by atoms with Crippen molar-refractivity contribution in [3.8, 4) is 5.69 Å². The smallest absolute Gasteiger partial charge is 0.254 e. The Kier molecular flexibility index (Phi) is 6.39. The number of amides is 1. The molecule has 1 amide bonds. The Morgan fingerprint density at radius 3 is 2.48 bits per heavy atom. The second-order valence-corrected chi connectivity index (χ2v) is 6.99. The molecule has 0 saturated carbocycles. The summed E-state index contributed by atoms with van der Waals surface area (Å²) in [7, 11) is 3.76. The van der Waals surface area contributed by atoms with Crippen molar-refractivity contribution in [1.29, 1.82) is 0 Å². The quantitative estimate of drug-likeness (QED) is 0.660. The number of nitrogens with one attached hydrogen (secondary N) is 1. The molecule has 1 heterocycles. The highest BCUT2D eigenvalue weighted by Crippen LogP contribution is 2.20. The lowest BCUT2D eigenvalue weighted by Crippen LogP contribution is -2.34. The molecule has 152 valence electrons. The summed E-state index contributed by atoms with van der Waals surface area (Å²) in [6.07, 6.45) is 2.10. The summed E-state index contributed by atoms with van der Waals surface area (Å²) < 4.78 is 28.4. The van der Waals surface area contributed by atoms with Crippen LogP contribution in [0.4, 0.5) is 8.78 Å². The van der Waals surface area contributed by atoms with Gasteiger partial charge >= 0.3 is 0 Å². The number of carbonyl (C=O) groups is 1. The third-order valence-corrected chi connectivity index (χ3v) is 4.83. The van der Waals surface area contributed by atoms with Crippen molar-refractivity contribution in [3.05, 3.63) is 83.2 Å². The highest BCUT2D eigenvalue weighted by atomic mass is 19.1. The monoisotopic (exact) mass is 398 g/mol. The Bertz CT molecular complexity index is 983. The van der Waals surface area contributed by atoms with E-state index in [0.717, 1.165) is 11.3 Å². The Morgan fingerprint density at radius 1 is 1.14 bits per heavy atom. The zero-order valence-corrected chi connectivity index (χ0v) is 16.7. The molecule has 0 aliphatic heterocycles.